The highest BCUT2D eigenvalue weighted by atomic mass is 16.5. The summed E-state index contributed by atoms with van der Waals surface area (Å²) in [5.74, 6) is 0.725. The Balaban J connectivity index is 1.77. The largest absolute Gasteiger partial charge is 0.491 e. The third-order valence-electron chi connectivity index (χ3n) is 5.38. The van der Waals surface area contributed by atoms with Crippen molar-refractivity contribution < 1.29 is 14.9 Å². The molecule has 1 heterocycles. The summed E-state index contributed by atoms with van der Waals surface area (Å²) in [6.45, 7) is 0.271. The number of nitrogens with zero attached hydrogens (tertiary/aromatic N) is 2. The summed E-state index contributed by atoms with van der Waals surface area (Å²) in [7, 11) is 0. The molecule has 0 amide bonds. The topological polar surface area (TPSA) is 67.5 Å². The van der Waals surface area contributed by atoms with Gasteiger partial charge in [0.15, 0.2) is 0 Å². The van der Waals surface area contributed by atoms with Crippen LogP contribution >= 0.6 is 0 Å². The van der Waals surface area contributed by atoms with E-state index in [0.717, 1.165) is 53.9 Å². The Morgan fingerprint density at radius 2 is 1.71 bits per heavy atom. The van der Waals surface area contributed by atoms with Crippen molar-refractivity contribution in [1.82, 2.24) is 9.55 Å². The van der Waals surface area contributed by atoms with Gasteiger partial charge in [-0.1, -0.05) is 43.2 Å². The summed E-state index contributed by atoms with van der Waals surface area (Å²) in [5.41, 5.74) is 4.03. The molecule has 0 saturated heterocycles. The first kappa shape index (κ1) is 18.7. The van der Waals surface area contributed by atoms with Crippen LogP contribution in [0.15, 0.2) is 60.9 Å². The monoisotopic (exact) mass is 378 g/mol. The quantitative estimate of drug-likeness (QED) is 0.679. The molecule has 146 valence electrons. The third kappa shape index (κ3) is 3.81. The Labute approximate surface area is 165 Å². The summed E-state index contributed by atoms with van der Waals surface area (Å²) in [6, 6.07) is 18.0. The fraction of sp³-hybridized carbons (Fsp3) is 0.348. The zero-order chi connectivity index (χ0) is 19.3. The van der Waals surface area contributed by atoms with Crippen LogP contribution in [0.2, 0.25) is 0 Å². The molecule has 3 aromatic rings. The van der Waals surface area contributed by atoms with Crippen molar-refractivity contribution in [3.8, 4) is 28.3 Å². The van der Waals surface area contributed by atoms with Crippen LogP contribution in [0.1, 0.15) is 31.7 Å². The standard InChI is InChI=1S/C23H26N2O3/c26-14-15-28-19-12-10-18(11-13-19)23-22(17-6-2-1-3-7-17)24-16-25(23)20-8-4-5-9-21(20)27/h1-3,6-7,10-13,16,20-21,26-27H,4-5,8-9,14-15H2/t20-,21-/m1/s1. The Bertz CT molecular complexity index is 890. The van der Waals surface area contributed by atoms with E-state index in [9.17, 15) is 5.11 Å². The van der Waals surface area contributed by atoms with E-state index in [4.69, 9.17) is 14.8 Å². The summed E-state index contributed by atoms with van der Waals surface area (Å²) in [6.07, 6.45) is 5.50. The number of rotatable bonds is 6. The second-order valence-corrected chi connectivity index (χ2v) is 7.23. The predicted molar refractivity (Wildman–Crippen MR) is 109 cm³/mol. The summed E-state index contributed by atoms with van der Waals surface area (Å²) >= 11 is 0. The molecule has 0 bridgehead atoms. The molecule has 0 unspecified atom stereocenters. The normalized spacial score (nSPS) is 19.5. The van der Waals surface area contributed by atoms with Crippen LogP contribution in [-0.2, 0) is 0 Å². The number of hydrogen-bond donors (Lipinski definition) is 2. The lowest BCUT2D eigenvalue weighted by Gasteiger charge is -2.30. The second-order valence-electron chi connectivity index (χ2n) is 7.23. The van der Waals surface area contributed by atoms with E-state index in [1.54, 1.807) is 0 Å². The molecular formula is C23H26N2O3. The molecule has 1 saturated carbocycles. The lowest BCUT2D eigenvalue weighted by Crippen LogP contribution is -2.27. The summed E-state index contributed by atoms with van der Waals surface area (Å²) in [5, 5.41) is 19.6. The van der Waals surface area contributed by atoms with Crippen LogP contribution in [0, 0.1) is 0 Å². The summed E-state index contributed by atoms with van der Waals surface area (Å²) in [4.78, 5) is 4.73. The number of aliphatic hydroxyl groups excluding tert-OH is 2. The predicted octanol–water partition coefficient (Wildman–Crippen LogP) is 4.06. The molecule has 1 fully saturated rings. The van der Waals surface area contributed by atoms with Gasteiger partial charge in [-0.15, -0.1) is 0 Å². The van der Waals surface area contributed by atoms with Gasteiger partial charge < -0.3 is 19.5 Å². The minimum absolute atomic E-state index is 0.00769. The Morgan fingerprint density at radius 3 is 2.43 bits per heavy atom. The van der Waals surface area contributed by atoms with Gasteiger partial charge in [0.05, 0.1) is 36.5 Å². The van der Waals surface area contributed by atoms with Crippen LogP contribution in [0.25, 0.3) is 22.5 Å². The van der Waals surface area contributed by atoms with Gasteiger partial charge >= 0.3 is 0 Å². The van der Waals surface area contributed by atoms with Crippen LogP contribution in [-0.4, -0.2) is 39.1 Å². The molecule has 5 heteroatoms. The fourth-order valence-electron chi connectivity index (χ4n) is 3.99. The van der Waals surface area contributed by atoms with E-state index in [-0.39, 0.29) is 25.4 Å². The molecule has 2 aromatic carbocycles. The molecule has 1 aliphatic rings. The molecule has 2 N–H and O–H groups in total. The SMILES string of the molecule is OCCOc1ccc(-c2c(-c3ccccc3)ncn2[C@@H]2CCCC[C@H]2O)cc1. The number of hydrogen-bond acceptors (Lipinski definition) is 4. The average Bonchev–Trinajstić information content (AvgIpc) is 3.18. The summed E-state index contributed by atoms with van der Waals surface area (Å²) < 4.78 is 7.64. The molecule has 28 heavy (non-hydrogen) atoms. The van der Waals surface area contributed by atoms with Gasteiger partial charge in [0, 0.05) is 11.1 Å². The Kier molecular flexibility index (Phi) is 5.74. The second kappa shape index (κ2) is 8.59. The van der Waals surface area contributed by atoms with Gasteiger partial charge in [-0.3, -0.25) is 0 Å². The van der Waals surface area contributed by atoms with Crippen LogP contribution in [0.3, 0.4) is 0 Å². The van der Waals surface area contributed by atoms with Crippen LogP contribution in [0.5, 0.6) is 5.75 Å². The van der Waals surface area contributed by atoms with Crippen molar-refractivity contribution in [3.05, 3.63) is 60.9 Å². The van der Waals surface area contributed by atoms with Crippen molar-refractivity contribution in [3.63, 3.8) is 0 Å². The maximum atomic E-state index is 10.6. The van der Waals surface area contributed by atoms with E-state index in [2.05, 4.69) is 16.7 Å². The highest BCUT2D eigenvalue weighted by Gasteiger charge is 2.28. The van der Waals surface area contributed by atoms with Gasteiger partial charge in [-0.25, -0.2) is 4.98 Å². The first-order chi connectivity index (χ1) is 13.8. The van der Waals surface area contributed by atoms with Gasteiger partial charge in [-0.2, -0.15) is 0 Å². The highest BCUT2D eigenvalue weighted by Crippen LogP contribution is 2.38. The maximum absolute atomic E-state index is 10.6. The fourth-order valence-corrected chi connectivity index (χ4v) is 3.99. The number of ether oxygens (including phenoxy) is 1. The van der Waals surface area contributed by atoms with Crippen LogP contribution in [0.4, 0.5) is 0 Å². The van der Waals surface area contributed by atoms with Gasteiger partial charge in [0.1, 0.15) is 12.4 Å². The molecule has 0 spiro atoms. The van der Waals surface area contributed by atoms with Crippen molar-refractivity contribution in [2.24, 2.45) is 0 Å². The molecule has 2 atom stereocenters. The Morgan fingerprint density at radius 1 is 0.964 bits per heavy atom. The van der Waals surface area contributed by atoms with Gasteiger partial charge in [0.2, 0.25) is 0 Å². The minimum atomic E-state index is -0.350. The lowest BCUT2D eigenvalue weighted by molar-refractivity contribution is 0.0762. The molecule has 5 nitrogen and oxygen atoms in total. The van der Waals surface area contributed by atoms with E-state index < -0.39 is 0 Å². The average molecular weight is 378 g/mol. The number of imidazole rings is 1. The first-order valence-electron chi connectivity index (χ1n) is 9.92. The molecule has 1 aromatic heterocycles. The third-order valence-corrected chi connectivity index (χ3v) is 5.38. The minimum Gasteiger partial charge on any atom is -0.491 e. The van der Waals surface area contributed by atoms with Crippen molar-refractivity contribution >= 4 is 0 Å². The van der Waals surface area contributed by atoms with E-state index in [0.29, 0.717) is 0 Å². The molecule has 0 radical (unpaired) electrons. The first-order valence-corrected chi connectivity index (χ1v) is 9.92. The molecular weight excluding hydrogens is 352 g/mol. The van der Waals surface area contributed by atoms with Gasteiger partial charge in [0.25, 0.3) is 0 Å². The van der Waals surface area contributed by atoms with Crippen molar-refractivity contribution in [2.75, 3.05) is 13.2 Å². The van der Waals surface area contributed by atoms with Gasteiger partial charge in [-0.05, 0) is 37.1 Å². The molecule has 0 aliphatic heterocycles. The highest BCUT2D eigenvalue weighted by molar-refractivity contribution is 5.79. The maximum Gasteiger partial charge on any atom is 0.119 e. The van der Waals surface area contributed by atoms with Crippen molar-refractivity contribution in [2.45, 2.75) is 37.8 Å². The van der Waals surface area contributed by atoms with Crippen molar-refractivity contribution in [1.29, 1.82) is 0 Å². The van der Waals surface area contributed by atoms with E-state index >= 15 is 0 Å². The van der Waals surface area contributed by atoms with E-state index in [1.807, 2.05) is 48.8 Å². The number of aliphatic hydroxyl groups is 2. The lowest BCUT2D eigenvalue weighted by atomic mass is 9.91. The number of benzene rings is 2. The zero-order valence-corrected chi connectivity index (χ0v) is 15.9. The molecule has 4 rings (SSSR count). The number of aromatic nitrogens is 2. The van der Waals surface area contributed by atoms with Crippen LogP contribution < -0.4 is 4.74 Å². The zero-order valence-electron chi connectivity index (χ0n) is 15.9. The smallest absolute Gasteiger partial charge is 0.119 e. The Hall–Kier alpha value is -2.63. The van der Waals surface area contributed by atoms with E-state index in [1.165, 1.54) is 0 Å². The molecule has 1 aliphatic carbocycles.